The summed E-state index contributed by atoms with van der Waals surface area (Å²) in [6.07, 6.45) is -8.32. The molecule has 0 N–H and O–H groups in total. The summed E-state index contributed by atoms with van der Waals surface area (Å²) in [6.45, 7) is 1.82. The summed E-state index contributed by atoms with van der Waals surface area (Å²) in [5.41, 5.74) is -2.78. The lowest BCUT2D eigenvalue weighted by atomic mass is 10.0. The molecule has 1 aromatic heterocycles. The summed E-state index contributed by atoms with van der Waals surface area (Å²) in [7, 11) is 0. The summed E-state index contributed by atoms with van der Waals surface area (Å²) in [4.78, 5) is 20.1. The molecule has 29 heavy (non-hydrogen) atoms. The first kappa shape index (κ1) is 21.1. The molecule has 2 aromatic rings. The van der Waals surface area contributed by atoms with Crippen molar-refractivity contribution in [2.45, 2.75) is 18.9 Å². The maximum atomic E-state index is 13.0. The zero-order valence-electron chi connectivity index (χ0n) is 15.1. The van der Waals surface area contributed by atoms with Crippen molar-refractivity contribution in [1.82, 2.24) is 14.8 Å². The van der Waals surface area contributed by atoms with Crippen molar-refractivity contribution in [2.24, 2.45) is 0 Å². The number of alkyl halides is 6. The molecule has 0 saturated carbocycles. The van der Waals surface area contributed by atoms with E-state index < -0.39 is 35.0 Å². The highest BCUT2D eigenvalue weighted by atomic mass is 19.4. The van der Waals surface area contributed by atoms with Crippen LogP contribution in [0, 0.1) is 0 Å². The molecule has 0 spiro atoms. The van der Waals surface area contributed by atoms with Gasteiger partial charge in [0.2, 0.25) is 0 Å². The Morgan fingerprint density at radius 1 is 0.897 bits per heavy atom. The molecule has 2 heterocycles. The molecule has 1 saturated heterocycles. The minimum Gasteiger partial charge on any atom is -0.336 e. The number of rotatable bonds is 3. The van der Waals surface area contributed by atoms with Crippen molar-refractivity contribution in [2.75, 3.05) is 26.2 Å². The van der Waals surface area contributed by atoms with E-state index in [1.54, 1.807) is 12.3 Å². The van der Waals surface area contributed by atoms with Gasteiger partial charge in [-0.1, -0.05) is 6.07 Å². The number of halogens is 6. The van der Waals surface area contributed by atoms with Gasteiger partial charge in [-0.2, -0.15) is 26.3 Å². The van der Waals surface area contributed by atoms with Crippen LogP contribution in [0.2, 0.25) is 0 Å². The van der Waals surface area contributed by atoms with Crippen LogP contribution in [0.5, 0.6) is 0 Å². The van der Waals surface area contributed by atoms with Gasteiger partial charge < -0.3 is 4.90 Å². The first-order valence-corrected chi connectivity index (χ1v) is 8.75. The van der Waals surface area contributed by atoms with Crippen molar-refractivity contribution in [1.29, 1.82) is 0 Å². The van der Waals surface area contributed by atoms with Gasteiger partial charge in [-0.05, 0) is 30.3 Å². The molecule has 156 valence electrons. The number of carbonyl (C=O) groups excluding carboxylic acids is 1. The number of pyridine rings is 1. The highest BCUT2D eigenvalue weighted by Gasteiger charge is 2.38. The van der Waals surface area contributed by atoms with Gasteiger partial charge in [0, 0.05) is 44.5 Å². The molecular weight excluding hydrogens is 400 g/mol. The van der Waals surface area contributed by atoms with Gasteiger partial charge >= 0.3 is 12.4 Å². The second kappa shape index (κ2) is 8.02. The third-order valence-electron chi connectivity index (χ3n) is 4.61. The first-order chi connectivity index (χ1) is 13.5. The molecule has 0 radical (unpaired) electrons. The monoisotopic (exact) mass is 417 g/mol. The predicted octanol–water partition coefficient (Wildman–Crippen LogP) is 4.08. The van der Waals surface area contributed by atoms with E-state index in [0.717, 1.165) is 5.69 Å². The number of aromatic nitrogens is 1. The Morgan fingerprint density at radius 2 is 1.48 bits per heavy atom. The van der Waals surface area contributed by atoms with Crippen molar-refractivity contribution in [3.05, 3.63) is 65.0 Å². The van der Waals surface area contributed by atoms with Crippen LogP contribution in [-0.4, -0.2) is 46.9 Å². The number of hydrogen-bond acceptors (Lipinski definition) is 3. The van der Waals surface area contributed by atoms with E-state index in [1.807, 2.05) is 17.0 Å². The summed E-state index contributed by atoms with van der Waals surface area (Å²) < 4.78 is 78.0. The quantitative estimate of drug-likeness (QED) is 0.707. The van der Waals surface area contributed by atoms with Crippen LogP contribution in [0.15, 0.2) is 42.6 Å². The van der Waals surface area contributed by atoms with Crippen molar-refractivity contribution in [3.8, 4) is 0 Å². The number of nitrogens with zero attached hydrogens (tertiary/aromatic N) is 3. The highest BCUT2D eigenvalue weighted by molar-refractivity contribution is 5.94. The van der Waals surface area contributed by atoms with Crippen LogP contribution in [0.25, 0.3) is 0 Å². The van der Waals surface area contributed by atoms with Gasteiger partial charge in [0.15, 0.2) is 0 Å². The maximum absolute atomic E-state index is 13.0. The molecule has 4 nitrogen and oxygen atoms in total. The Kier molecular flexibility index (Phi) is 5.83. The fourth-order valence-electron chi connectivity index (χ4n) is 3.09. The number of piperazine rings is 1. The second-order valence-electron chi connectivity index (χ2n) is 6.68. The van der Waals surface area contributed by atoms with Crippen LogP contribution in [0.1, 0.15) is 27.2 Å². The Hall–Kier alpha value is -2.62. The molecule has 0 aliphatic carbocycles. The van der Waals surface area contributed by atoms with Crippen molar-refractivity contribution in [3.63, 3.8) is 0 Å². The van der Waals surface area contributed by atoms with Crippen LogP contribution in [-0.2, 0) is 18.9 Å². The second-order valence-corrected chi connectivity index (χ2v) is 6.68. The van der Waals surface area contributed by atoms with Gasteiger partial charge in [0.25, 0.3) is 5.91 Å². The van der Waals surface area contributed by atoms with Gasteiger partial charge in [-0.25, -0.2) is 0 Å². The fraction of sp³-hybridized carbons (Fsp3) is 0.368. The van der Waals surface area contributed by atoms with E-state index in [4.69, 9.17) is 0 Å². The smallest absolute Gasteiger partial charge is 0.336 e. The van der Waals surface area contributed by atoms with E-state index in [2.05, 4.69) is 4.98 Å². The average Bonchev–Trinajstić information content (AvgIpc) is 2.67. The minimum atomic E-state index is -4.99. The fourth-order valence-corrected chi connectivity index (χ4v) is 3.09. The molecule has 0 unspecified atom stereocenters. The van der Waals surface area contributed by atoms with Crippen molar-refractivity contribution < 1.29 is 31.1 Å². The third kappa shape index (κ3) is 5.26. The van der Waals surface area contributed by atoms with E-state index in [-0.39, 0.29) is 19.2 Å². The van der Waals surface area contributed by atoms with E-state index in [9.17, 15) is 31.1 Å². The number of carbonyl (C=O) groups is 1. The molecule has 1 aliphatic heterocycles. The molecule has 10 heteroatoms. The van der Waals surface area contributed by atoms with Gasteiger partial charge in [0.05, 0.1) is 16.8 Å². The normalized spacial score (nSPS) is 16.1. The molecule has 0 atom stereocenters. The minimum absolute atomic E-state index is 0.0155. The lowest BCUT2D eigenvalue weighted by molar-refractivity contribution is -0.143. The number of benzene rings is 1. The number of hydrogen-bond donors (Lipinski definition) is 0. The van der Waals surface area contributed by atoms with Gasteiger partial charge in [0.1, 0.15) is 0 Å². The molecular formula is C19H17F6N3O. The maximum Gasteiger partial charge on any atom is 0.416 e. The van der Waals surface area contributed by atoms with Crippen LogP contribution in [0.3, 0.4) is 0 Å². The van der Waals surface area contributed by atoms with Gasteiger partial charge in [-0.3, -0.25) is 14.7 Å². The lowest BCUT2D eigenvalue weighted by Crippen LogP contribution is -2.48. The Balaban J connectivity index is 1.73. The molecule has 1 aliphatic rings. The third-order valence-corrected chi connectivity index (χ3v) is 4.61. The van der Waals surface area contributed by atoms with Crippen LogP contribution >= 0.6 is 0 Å². The summed E-state index contributed by atoms with van der Waals surface area (Å²) in [5.74, 6) is -0.848. The summed E-state index contributed by atoms with van der Waals surface area (Å²) >= 11 is 0. The van der Waals surface area contributed by atoms with E-state index in [0.29, 0.717) is 31.8 Å². The van der Waals surface area contributed by atoms with Crippen molar-refractivity contribution >= 4 is 5.91 Å². The molecule has 0 bridgehead atoms. The highest BCUT2D eigenvalue weighted by Crippen LogP contribution is 2.36. The van der Waals surface area contributed by atoms with Gasteiger partial charge in [-0.15, -0.1) is 0 Å². The van der Waals surface area contributed by atoms with E-state index >= 15 is 0 Å². The first-order valence-electron chi connectivity index (χ1n) is 8.75. The lowest BCUT2D eigenvalue weighted by Gasteiger charge is -2.34. The molecule has 1 amide bonds. The van der Waals surface area contributed by atoms with Crippen LogP contribution < -0.4 is 0 Å². The Bertz CT molecular complexity index is 826. The zero-order valence-corrected chi connectivity index (χ0v) is 15.1. The SMILES string of the molecule is O=C(c1cc(C(F)(F)F)cc(C(F)(F)F)c1)N1CCN(Cc2ccccn2)CC1. The van der Waals surface area contributed by atoms with Crippen LogP contribution in [0.4, 0.5) is 26.3 Å². The standard InChI is InChI=1S/C19H17F6N3O/c20-18(21,22)14-9-13(10-15(11-14)19(23,24)25)17(29)28-7-5-27(6-8-28)12-16-3-1-2-4-26-16/h1-4,9-11H,5-8,12H2. The largest absolute Gasteiger partial charge is 0.416 e. The summed E-state index contributed by atoms with van der Waals surface area (Å²) in [6, 6.07) is 6.43. The topological polar surface area (TPSA) is 36.4 Å². The zero-order chi connectivity index (χ0) is 21.2. The molecule has 3 rings (SSSR count). The Labute approximate surface area is 162 Å². The molecule has 1 fully saturated rings. The summed E-state index contributed by atoms with van der Waals surface area (Å²) in [5, 5.41) is 0. The molecule has 1 aromatic carbocycles. The van der Waals surface area contributed by atoms with E-state index in [1.165, 1.54) is 4.90 Å². The Morgan fingerprint density at radius 3 is 1.97 bits per heavy atom. The number of amides is 1. The predicted molar refractivity (Wildman–Crippen MR) is 91.9 cm³/mol. The average molecular weight is 417 g/mol.